The molecule has 2 unspecified atom stereocenters. The molecule has 0 saturated heterocycles. The summed E-state index contributed by atoms with van der Waals surface area (Å²) in [6, 6.07) is -1.50. The summed E-state index contributed by atoms with van der Waals surface area (Å²) in [6.07, 6.45) is -1.66. The zero-order valence-corrected chi connectivity index (χ0v) is 10.1. The second kappa shape index (κ2) is 7.97. The van der Waals surface area contributed by atoms with Gasteiger partial charge in [0, 0.05) is 12.8 Å². The molecule has 0 bridgehead atoms. The predicted octanol–water partition coefficient (Wildman–Crippen LogP) is 2.04. The first kappa shape index (κ1) is 15.8. The van der Waals surface area contributed by atoms with E-state index < -0.39 is 30.8 Å². The number of amides is 1. The first-order valence-corrected chi connectivity index (χ1v) is 5.67. The van der Waals surface area contributed by atoms with Crippen molar-refractivity contribution in [2.24, 2.45) is 5.92 Å². The SMILES string of the molecule is CCCC(C)CC(=O)NC(CC(F)F)C(=O)O. The molecule has 0 aliphatic carbocycles. The van der Waals surface area contributed by atoms with E-state index >= 15 is 0 Å². The number of carboxylic acid groups (broad SMARTS) is 1. The van der Waals surface area contributed by atoms with Crippen molar-refractivity contribution in [1.82, 2.24) is 5.32 Å². The van der Waals surface area contributed by atoms with E-state index in [4.69, 9.17) is 5.11 Å². The average molecular weight is 251 g/mol. The number of carbonyl (C=O) groups excluding carboxylic acids is 1. The second-order valence-electron chi connectivity index (χ2n) is 4.18. The van der Waals surface area contributed by atoms with Crippen LogP contribution in [0.25, 0.3) is 0 Å². The molecule has 0 heterocycles. The molecule has 0 saturated carbocycles. The summed E-state index contributed by atoms with van der Waals surface area (Å²) in [5.41, 5.74) is 0. The van der Waals surface area contributed by atoms with Crippen molar-refractivity contribution in [3.63, 3.8) is 0 Å². The highest BCUT2D eigenvalue weighted by Gasteiger charge is 2.24. The van der Waals surface area contributed by atoms with Gasteiger partial charge in [-0.2, -0.15) is 0 Å². The van der Waals surface area contributed by atoms with Gasteiger partial charge in [-0.15, -0.1) is 0 Å². The first-order valence-electron chi connectivity index (χ1n) is 5.67. The maximum atomic E-state index is 12.1. The minimum Gasteiger partial charge on any atom is -0.480 e. The number of nitrogens with one attached hydrogen (secondary N) is 1. The fourth-order valence-corrected chi connectivity index (χ4v) is 1.56. The first-order chi connectivity index (χ1) is 7.86. The molecule has 1 amide bonds. The lowest BCUT2D eigenvalue weighted by atomic mass is 10.0. The van der Waals surface area contributed by atoms with Crippen LogP contribution in [0.1, 0.15) is 39.5 Å². The van der Waals surface area contributed by atoms with Gasteiger partial charge in [0.15, 0.2) is 0 Å². The fraction of sp³-hybridized carbons (Fsp3) is 0.818. The zero-order chi connectivity index (χ0) is 13.4. The summed E-state index contributed by atoms with van der Waals surface area (Å²) in [6.45, 7) is 3.84. The van der Waals surface area contributed by atoms with Crippen LogP contribution in [0.4, 0.5) is 8.78 Å². The van der Waals surface area contributed by atoms with Crippen molar-refractivity contribution >= 4 is 11.9 Å². The standard InChI is InChI=1S/C11H19F2NO3/c1-3-4-7(2)5-10(15)14-8(11(16)17)6-9(12)13/h7-9H,3-6H2,1-2H3,(H,14,15)(H,16,17). The molecule has 6 heteroatoms. The van der Waals surface area contributed by atoms with Crippen LogP contribution < -0.4 is 5.32 Å². The molecule has 2 N–H and O–H groups in total. The van der Waals surface area contributed by atoms with Crippen LogP contribution in [0.15, 0.2) is 0 Å². The fourth-order valence-electron chi connectivity index (χ4n) is 1.56. The molecule has 0 aromatic heterocycles. The summed E-state index contributed by atoms with van der Waals surface area (Å²) < 4.78 is 24.1. The molecule has 0 spiro atoms. The second-order valence-corrected chi connectivity index (χ2v) is 4.18. The number of hydrogen-bond donors (Lipinski definition) is 2. The molecule has 2 atom stereocenters. The summed E-state index contributed by atoms with van der Waals surface area (Å²) in [5.74, 6) is -1.79. The minimum absolute atomic E-state index is 0.126. The Morgan fingerprint density at radius 1 is 1.35 bits per heavy atom. The number of rotatable bonds is 8. The van der Waals surface area contributed by atoms with E-state index in [-0.39, 0.29) is 12.3 Å². The molecule has 100 valence electrons. The van der Waals surface area contributed by atoms with Crippen LogP contribution in [0.3, 0.4) is 0 Å². The highest BCUT2D eigenvalue weighted by atomic mass is 19.3. The summed E-state index contributed by atoms with van der Waals surface area (Å²) in [5, 5.41) is 10.8. The molecule has 0 aromatic rings. The molecule has 0 rings (SSSR count). The Kier molecular flexibility index (Phi) is 7.41. The molecule has 0 aliphatic heterocycles. The van der Waals surface area contributed by atoms with Crippen molar-refractivity contribution < 1.29 is 23.5 Å². The third kappa shape index (κ3) is 7.65. The normalized spacial score (nSPS) is 14.4. The minimum atomic E-state index is -2.75. The molecule has 17 heavy (non-hydrogen) atoms. The lowest BCUT2D eigenvalue weighted by Crippen LogP contribution is -2.42. The Morgan fingerprint density at radius 3 is 2.35 bits per heavy atom. The van der Waals surface area contributed by atoms with Crippen molar-refractivity contribution in [1.29, 1.82) is 0 Å². The number of halogens is 2. The smallest absolute Gasteiger partial charge is 0.326 e. The van der Waals surface area contributed by atoms with E-state index in [0.29, 0.717) is 0 Å². The van der Waals surface area contributed by atoms with Gasteiger partial charge in [-0.1, -0.05) is 26.7 Å². The van der Waals surface area contributed by atoms with E-state index in [0.717, 1.165) is 12.8 Å². The molecule has 0 radical (unpaired) electrons. The molecule has 0 fully saturated rings. The predicted molar refractivity (Wildman–Crippen MR) is 58.9 cm³/mol. The number of hydrogen-bond acceptors (Lipinski definition) is 2. The lowest BCUT2D eigenvalue weighted by Gasteiger charge is -2.15. The maximum Gasteiger partial charge on any atom is 0.326 e. The highest BCUT2D eigenvalue weighted by molar-refractivity contribution is 5.83. The van der Waals surface area contributed by atoms with Gasteiger partial charge in [0.2, 0.25) is 12.3 Å². The quantitative estimate of drug-likeness (QED) is 0.693. The van der Waals surface area contributed by atoms with E-state index in [1.54, 1.807) is 0 Å². The van der Waals surface area contributed by atoms with Gasteiger partial charge >= 0.3 is 5.97 Å². The van der Waals surface area contributed by atoms with Gasteiger partial charge in [-0.3, -0.25) is 4.79 Å². The number of carbonyl (C=O) groups is 2. The average Bonchev–Trinajstić information content (AvgIpc) is 2.15. The maximum absolute atomic E-state index is 12.1. The molecule has 0 aromatic carbocycles. The summed E-state index contributed by atoms with van der Waals surface area (Å²) in [4.78, 5) is 22.0. The van der Waals surface area contributed by atoms with Crippen LogP contribution >= 0.6 is 0 Å². The van der Waals surface area contributed by atoms with Crippen LogP contribution in [-0.2, 0) is 9.59 Å². The molecule has 4 nitrogen and oxygen atoms in total. The van der Waals surface area contributed by atoms with Crippen molar-refractivity contribution in [2.45, 2.75) is 52.0 Å². The Labute approximate surface area is 99.4 Å². The summed E-state index contributed by atoms with van der Waals surface area (Å²) >= 11 is 0. The van der Waals surface area contributed by atoms with E-state index in [2.05, 4.69) is 5.32 Å². The van der Waals surface area contributed by atoms with Gasteiger partial charge in [0.05, 0.1) is 0 Å². The monoisotopic (exact) mass is 251 g/mol. The Hall–Kier alpha value is -1.20. The molecule has 0 aliphatic rings. The highest BCUT2D eigenvalue weighted by Crippen LogP contribution is 2.10. The van der Waals surface area contributed by atoms with Gasteiger partial charge in [-0.05, 0) is 5.92 Å². The molecular formula is C11H19F2NO3. The van der Waals surface area contributed by atoms with E-state index in [9.17, 15) is 18.4 Å². The van der Waals surface area contributed by atoms with Crippen molar-refractivity contribution in [2.75, 3.05) is 0 Å². The van der Waals surface area contributed by atoms with Crippen molar-refractivity contribution in [3.05, 3.63) is 0 Å². The largest absolute Gasteiger partial charge is 0.480 e. The lowest BCUT2D eigenvalue weighted by molar-refractivity contribution is -0.143. The van der Waals surface area contributed by atoms with Crippen LogP contribution in [0, 0.1) is 5.92 Å². The van der Waals surface area contributed by atoms with Crippen LogP contribution in [-0.4, -0.2) is 29.5 Å². The van der Waals surface area contributed by atoms with Gasteiger partial charge < -0.3 is 10.4 Å². The van der Waals surface area contributed by atoms with E-state index in [1.807, 2.05) is 13.8 Å². The van der Waals surface area contributed by atoms with Crippen LogP contribution in [0.5, 0.6) is 0 Å². The number of alkyl halides is 2. The third-order valence-corrected chi connectivity index (χ3v) is 2.36. The summed E-state index contributed by atoms with van der Waals surface area (Å²) in [7, 11) is 0. The van der Waals surface area contributed by atoms with Gasteiger partial charge in [-0.25, -0.2) is 13.6 Å². The van der Waals surface area contributed by atoms with Crippen LogP contribution in [0.2, 0.25) is 0 Å². The van der Waals surface area contributed by atoms with Gasteiger partial charge in [0.25, 0.3) is 0 Å². The number of aliphatic carboxylic acids is 1. The molecular weight excluding hydrogens is 232 g/mol. The van der Waals surface area contributed by atoms with Crippen molar-refractivity contribution in [3.8, 4) is 0 Å². The topological polar surface area (TPSA) is 66.4 Å². The Bertz CT molecular complexity index is 259. The third-order valence-electron chi connectivity index (χ3n) is 2.36. The Morgan fingerprint density at radius 2 is 1.94 bits per heavy atom. The zero-order valence-electron chi connectivity index (χ0n) is 10.1. The van der Waals surface area contributed by atoms with E-state index in [1.165, 1.54) is 0 Å². The number of carboxylic acids is 1. The Balaban J connectivity index is 4.17. The van der Waals surface area contributed by atoms with Gasteiger partial charge in [0.1, 0.15) is 6.04 Å².